The summed E-state index contributed by atoms with van der Waals surface area (Å²) in [7, 11) is 0. The lowest BCUT2D eigenvalue weighted by molar-refractivity contribution is 0.319. The van der Waals surface area contributed by atoms with Crippen molar-refractivity contribution in [1.82, 2.24) is 0 Å². The quantitative estimate of drug-likeness (QED) is 0.665. The molecular weight excluding hydrogens is 228 g/mol. The van der Waals surface area contributed by atoms with Crippen LogP contribution in [0, 0.1) is 5.92 Å². The van der Waals surface area contributed by atoms with Gasteiger partial charge in [0.25, 0.3) is 0 Å². The summed E-state index contributed by atoms with van der Waals surface area (Å²) in [5, 5.41) is 3.02. The van der Waals surface area contributed by atoms with Gasteiger partial charge in [0.05, 0.1) is 0 Å². The Morgan fingerprint density at radius 3 is 2.53 bits per heavy atom. The Morgan fingerprint density at radius 2 is 1.68 bits per heavy atom. The highest BCUT2D eigenvalue weighted by Crippen LogP contribution is 2.43. The topological polar surface area (TPSA) is 0 Å². The molecule has 2 aromatic rings. The van der Waals surface area contributed by atoms with Gasteiger partial charge in [-0.1, -0.05) is 68.5 Å². The summed E-state index contributed by atoms with van der Waals surface area (Å²) in [6, 6.07) is 13.7. The Bertz CT molecular complexity index is 585. The number of hydrogen-bond acceptors (Lipinski definition) is 0. The molecule has 0 radical (unpaired) electrons. The average molecular weight is 250 g/mol. The fourth-order valence-electron chi connectivity index (χ4n) is 4.37. The molecule has 0 heteroatoms. The smallest absolute Gasteiger partial charge is 0.0112 e. The molecule has 1 fully saturated rings. The van der Waals surface area contributed by atoms with Crippen LogP contribution in [0.3, 0.4) is 0 Å². The molecule has 2 aromatic carbocycles. The minimum Gasteiger partial charge on any atom is -0.0614 e. The first kappa shape index (κ1) is 11.5. The van der Waals surface area contributed by atoms with Crippen LogP contribution < -0.4 is 0 Å². The van der Waals surface area contributed by atoms with Crippen molar-refractivity contribution in [3.05, 3.63) is 47.5 Å². The van der Waals surface area contributed by atoms with Gasteiger partial charge >= 0.3 is 0 Å². The van der Waals surface area contributed by atoms with Crippen LogP contribution in [-0.4, -0.2) is 0 Å². The van der Waals surface area contributed by atoms with Gasteiger partial charge in [0.1, 0.15) is 0 Å². The van der Waals surface area contributed by atoms with Gasteiger partial charge in [0, 0.05) is 0 Å². The fraction of sp³-hybridized carbons (Fsp3) is 0.474. The van der Waals surface area contributed by atoms with Crippen LogP contribution >= 0.6 is 0 Å². The molecule has 0 aliphatic heterocycles. The van der Waals surface area contributed by atoms with Gasteiger partial charge < -0.3 is 0 Å². The first-order valence-electron chi connectivity index (χ1n) is 7.92. The summed E-state index contributed by atoms with van der Waals surface area (Å²) < 4.78 is 0. The van der Waals surface area contributed by atoms with Gasteiger partial charge in [-0.15, -0.1) is 0 Å². The Kier molecular flexibility index (Phi) is 2.83. The summed E-state index contributed by atoms with van der Waals surface area (Å²) in [4.78, 5) is 0. The van der Waals surface area contributed by atoms with Gasteiger partial charge in [-0.05, 0) is 46.6 Å². The van der Waals surface area contributed by atoms with Crippen LogP contribution in [0.5, 0.6) is 0 Å². The molecule has 0 spiro atoms. The molecular formula is C19H22. The molecule has 0 N–H and O–H groups in total. The van der Waals surface area contributed by atoms with Crippen molar-refractivity contribution in [2.45, 2.75) is 50.9 Å². The first-order valence-corrected chi connectivity index (χ1v) is 7.92. The maximum Gasteiger partial charge on any atom is -0.0112 e. The van der Waals surface area contributed by atoms with Crippen molar-refractivity contribution in [2.24, 2.45) is 5.92 Å². The lowest BCUT2D eigenvalue weighted by Gasteiger charge is -2.25. The van der Waals surface area contributed by atoms with Gasteiger partial charge in [-0.3, -0.25) is 0 Å². The van der Waals surface area contributed by atoms with Crippen molar-refractivity contribution in [1.29, 1.82) is 0 Å². The largest absolute Gasteiger partial charge is 0.0614 e. The predicted molar refractivity (Wildman–Crippen MR) is 81.6 cm³/mol. The minimum absolute atomic E-state index is 0.796. The van der Waals surface area contributed by atoms with Crippen molar-refractivity contribution in [3.8, 4) is 0 Å². The molecule has 2 aliphatic rings. The summed E-state index contributed by atoms with van der Waals surface area (Å²) in [5.74, 6) is 1.78. The molecule has 2 aliphatic carbocycles. The molecule has 0 nitrogen and oxygen atoms in total. The molecule has 0 aromatic heterocycles. The van der Waals surface area contributed by atoms with E-state index in [1.807, 2.05) is 0 Å². The van der Waals surface area contributed by atoms with Gasteiger partial charge in [0.15, 0.2) is 0 Å². The van der Waals surface area contributed by atoms with E-state index in [0.717, 1.165) is 11.8 Å². The summed E-state index contributed by atoms with van der Waals surface area (Å²) >= 11 is 0. The van der Waals surface area contributed by atoms with E-state index in [4.69, 9.17) is 0 Å². The van der Waals surface area contributed by atoms with Crippen LogP contribution in [0.15, 0.2) is 36.4 Å². The Labute approximate surface area is 115 Å². The normalized spacial score (nSPS) is 23.1. The molecule has 0 unspecified atom stereocenters. The molecule has 0 bridgehead atoms. The maximum atomic E-state index is 2.38. The van der Waals surface area contributed by atoms with Gasteiger partial charge in [-0.2, -0.15) is 0 Å². The first-order chi connectivity index (χ1) is 9.42. The van der Waals surface area contributed by atoms with Crippen LogP contribution in [-0.2, 0) is 6.42 Å². The fourth-order valence-corrected chi connectivity index (χ4v) is 4.37. The van der Waals surface area contributed by atoms with Crippen LogP contribution in [0.1, 0.15) is 55.6 Å². The maximum absolute atomic E-state index is 2.38. The summed E-state index contributed by atoms with van der Waals surface area (Å²) in [5.41, 5.74) is 3.23. The van der Waals surface area contributed by atoms with Crippen LogP contribution in [0.25, 0.3) is 10.8 Å². The SMILES string of the molecule is c1cc2c3c(cccc3c1)[C@@H](CC1CCCCC1)C2. The highest BCUT2D eigenvalue weighted by molar-refractivity contribution is 5.91. The zero-order chi connectivity index (χ0) is 12.7. The monoisotopic (exact) mass is 250 g/mol. The Hall–Kier alpha value is -1.30. The molecule has 98 valence electrons. The molecule has 0 saturated heterocycles. The Balaban J connectivity index is 1.65. The molecule has 1 atom stereocenters. The standard InChI is InChI=1S/C19H22/c1-2-6-14(7-3-1)12-17-13-16-10-4-8-15-9-5-11-18(17)19(15)16/h4-5,8-11,14,17H,1-3,6-7,12-13H2/t17-/m0/s1. The minimum atomic E-state index is 0.796. The van der Waals surface area contributed by atoms with Gasteiger partial charge in [0.2, 0.25) is 0 Å². The third-order valence-electron chi connectivity index (χ3n) is 5.27. The Morgan fingerprint density at radius 1 is 0.895 bits per heavy atom. The predicted octanol–water partition coefficient (Wildman–Crippen LogP) is 5.45. The van der Waals surface area contributed by atoms with E-state index in [0.29, 0.717) is 0 Å². The highest BCUT2D eigenvalue weighted by Gasteiger charge is 2.27. The van der Waals surface area contributed by atoms with E-state index in [2.05, 4.69) is 36.4 Å². The zero-order valence-electron chi connectivity index (χ0n) is 11.6. The number of rotatable bonds is 2. The van der Waals surface area contributed by atoms with Crippen molar-refractivity contribution < 1.29 is 0 Å². The highest BCUT2D eigenvalue weighted by atomic mass is 14.3. The van der Waals surface area contributed by atoms with Crippen molar-refractivity contribution >= 4 is 10.8 Å². The van der Waals surface area contributed by atoms with E-state index in [-0.39, 0.29) is 0 Å². The second-order valence-corrected chi connectivity index (χ2v) is 6.50. The van der Waals surface area contributed by atoms with Crippen LogP contribution in [0.4, 0.5) is 0 Å². The van der Waals surface area contributed by atoms with E-state index in [9.17, 15) is 0 Å². The summed E-state index contributed by atoms with van der Waals surface area (Å²) in [6.07, 6.45) is 10.1. The summed E-state index contributed by atoms with van der Waals surface area (Å²) in [6.45, 7) is 0. The molecule has 19 heavy (non-hydrogen) atoms. The third-order valence-corrected chi connectivity index (χ3v) is 5.27. The number of benzene rings is 2. The lowest BCUT2D eigenvalue weighted by Crippen LogP contribution is -2.10. The van der Waals surface area contributed by atoms with Crippen molar-refractivity contribution in [2.75, 3.05) is 0 Å². The third kappa shape index (κ3) is 1.98. The van der Waals surface area contributed by atoms with E-state index >= 15 is 0 Å². The van der Waals surface area contributed by atoms with E-state index < -0.39 is 0 Å². The molecule has 0 heterocycles. The number of hydrogen-bond donors (Lipinski definition) is 0. The van der Waals surface area contributed by atoms with E-state index in [1.54, 1.807) is 16.5 Å². The average Bonchev–Trinajstić information content (AvgIpc) is 2.81. The second kappa shape index (κ2) is 4.67. The lowest BCUT2D eigenvalue weighted by atomic mass is 9.81. The van der Waals surface area contributed by atoms with Crippen LogP contribution in [0.2, 0.25) is 0 Å². The molecule has 1 saturated carbocycles. The van der Waals surface area contributed by atoms with Crippen molar-refractivity contribution in [3.63, 3.8) is 0 Å². The second-order valence-electron chi connectivity index (χ2n) is 6.50. The van der Waals surface area contributed by atoms with Gasteiger partial charge in [-0.25, -0.2) is 0 Å². The molecule has 0 amide bonds. The molecule has 4 rings (SSSR count). The van der Waals surface area contributed by atoms with E-state index in [1.165, 1.54) is 50.3 Å². The zero-order valence-corrected chi connectivity index (χ0v) is 11.6.